The monoisotopic (exact) mass is 541 g/mol. The van der Waals surface area contributed by atoms with Crippen LogP contribution in [-0.2, 0) is 25.5 Å². The van der Waals surface area contributed by atoms with Crippen LogP contribution in [0.4, 0.5) is 4.79 Å². The number of carbonyl (C=O) groups excluding carboxylic acids is 3. The van der Waals surface area contributed by atoms with E-state index in [-0.39, 0.29) is 48.1 Å². The minimum absolute atomic E-state index is 0.0153. The highest BCUT2D eigenvalue weighted by Gasteiger charge is 2.60. The summed E-state index contributed by atoms with van der Waals surface area (Å²) in [5, 5.41) is 10.2. The summed E-state index contributed by atoms with van der Waals surface area (Å²) in [6, 6.07) is 5.41. The largest absolute Gasteiger partial charge is 0.457 e. The van der Waals surface area contributed by atoms with Gasteiger partial charge in [0.2, 0.25) is 5.91 Å². The number of hydrogen-bond donors (Lipinski definition) is 1. The van der Waals surface area contributed by atoms with Gasteiger partial charge in [0.05, 0.1) is 18.1 Å². The summed E-state index contributed by atoms with van der Waals surface area (Å²) in [6.45, 7) is 11.4. The van der Waals surface area contributed by atoms with Gasteiger partial charge in [-0.05, 0) is 38.3 Å². The van der Waals surface area contributed by atoms with Crippen molar-refractivity contribution in [3.63, 3.8) is 0 Å². The number of thioether (sulfide) groups is 1. The Bertz CT molecular complexity index is 1110. The minimum Gasteiger partial charge on any atom is -0.457 e. The highest BCUT2D eigenvalue weighted by Crippen LogP contribution is 2.52. The SMILES string of the molecule is C=CCOC(=O)C1=C(S[C@H]2C[C@@H](CCc3ccccn3)N(C(=O)OCC=C)C2)[C@H](C)[C@@H]2[C@@H]([C@@H](C)O)C(=O)N12. The number of pyridine rings is 1. The van der Waals surface area contributed by atoms with Crippen LogP contribution in [0, 0.1) is 11.8 Å². The Morgan fingerprint density at radius 1 is 1.26 bits per heavy atom. The second kappa shape index (κ2) is 12.2. The van der Waals surface area contributed by atoms with Crippen molar-refractivity contribution in [3.8, 4) is 0 Å². The number of hydrogen-bond acceptors (Lipinski definition) is 8. The Hall–Kier alpha value is -3.11. The molecule has 0 unspecified atom stereocenters. The molecule has 2 saturated heterocycles. The zero-order valence-electron chi connectivity index (χ0n) is 21.8. The molecule has 0 aromatic carbocycles. The molecule has 3 aliphatic rings. The Labute approximate surface area is 227 Å². The van der Waals surface area contributed by atoms with Gasteiger partial charge in [-0.1, -0.05) is 38.3 Å². The molecule has 1 aromatic rings. The Balaban J connectivity index is 1.55. The molecule has 0 spiro atoms. The molecule has 10 heteroatoms. The predicted octanol–water partition coefficient (Wildman–Crippen LogP) is 3.31. The third kappa shape index (κ3) is 5.51. The highest BCUT2D eigenvalue weighted by atomic mass is 32.2. The molecule has 2 fully saturated rings. The average Bonchev–Trinajstić information content (AvgIpc) is 3.42. The second-order valence-corrected chi connectivity index (χ2v) is 11.2. The van der Waals surface area contributed by atoms with Gasteiger partial charge in [-0.25, -0.2) is 9.59 Å². The molecule has 0 aliphatic carbocycles. The van der Waals surface area contributed by atoms with Gasteiger partial charge in [-0.15, -0.1) is 11.8 Å². The molecule has 38 heavy (non-hydrogen) atoms. The number of nitrogens with zero attached hydrogens (tertiary/aromatic N) is 3. The molecule has 4 heterocycles. The van der Waals surface area contributed by atoms with Gasteiger partial charge >= 0.3 is 12.1 Å². The summed E-state index contributed by atoms with van der Waals surface area (Å²) < 4.78 is 10.7. The predicted molar refractivity (Wildman–Crippen MR) is 144 cm³/mol. The van der Waals surface area contributed by atoms with Crippen molar-refractivity contribution in [2.45, 2.75) is 56.5 Å². The number of aryl methyl sites for hydroxylation is 1. The van der Waals surface area contributed by atoms with Gasteiger partial charge < -0.3 is 24.4 Å². The summed E-state index contributed by atoms with van der Waals surface area (Å²) >= 11 is 1.52. The van der Waals surface area contributed by atoms with E-state index in [0.717, 1.165) is 17.0 Å². The Kier molecular flexibility index (Phi) is 8.94. The Morgan fingerprint density at radius 3 is 2.66 bits per heavy atom. The molecule has 204 valence electrons. The smallest absolute Gasteiger partial charge is 0.410 e. The number of fused-ring (bicyclic) bond motifs is 1. The van der Waals surface area contributed by atoms with Crippen LogP contribution in [0.5, 0.6) is 0 Å². The molecular formula is C28H35N3O6S. The van der Waals surface area contributed by atoms with Crippen LogP contribution in [-0.4, -0.2) is 81.1 Å². The first kappa shape index (κ1) is 27.9. The van der Waals surface area contributed by atoms with Crippen LogP contribution in [0.25, 0.3) is 0 Å². The zero-order valence-corrected chi connectivity index (χ0v) is 22.6. The average molecular weight is 542 g/mol. The maximum Gasteiger partial charge on any atom is 0.410 e. The van der Waals surface area contributed by atoms with Gasteiger partial charge in [0.25, 0.3) is 0 Å². The summed E-state index contributed by atoms with van der Waals surface area (Å²) in [6.07, 6.45) is 5.69. The summed E-state index contributed by atoms with van der Waals surface area (Å²) in [7, 11) is 0. The topological polar surface area (TPSA) is 109 Å². The summed E-state index contributed by atoms with van der Waals surface area (Å²) in [5.41, 5.74) is 1.20. The number of aromatic nitrogens is 1. The molecular weight excluding hydrogens is 506 g/mol. The first-order valence-corrected chi connectivity index (χ1v) is 13.8. The first-order chi connectivity index (χ1) is 18.3. The number of amides is 2. The molecule has 9 nitrogen and oxygen atoms in total. The number of β-lactam (4-membered cyclic amide) rings is 1. The van der Waals surface area contributed by atoms with E-state index in [0.29, 0.717) is 19.4 Å². The van der Waals surface area contributed by atoms with Gasteiger partial charge in [0, 0.05) is 40.6 Å². The lowest BCUT2D eigenvalue weighted by Crippen LogP contribution is -2.63. The number of carbonyl (C=O) groups is 3. The van der Waals surface area contributed by atoms with E-state index in [9.17, 15) is 19.5 Å². The van der Waals surface area contributed by atoms with Crippen LogP contribution in [0.3, 0.4) is 0 Å². The third-order valence-corrected chi connectivity index (χ3v) is 8.82. The number of aliphatic hydroxyl groups excluding tert-OH is 1. The van der Waals surface area contributed by atoms with Crippen LogP contribution in [0.15, 0.2) is 60.3 Å². The maximum atomic E-state index is 13.1. The van der Waals surface area contributed by atoms with Gasteiger partial charge in [-0.2, -0.15) is 0 Å². The van der Waals surface area contributed by atoms with Gasteiger partial charge in [0.15, 0.2) is 0 Å². The lowest BCUT2D eigenvalue weighted by molar-refractivity contribution is -0.164. The van der Waals surface area contributed by atoms with Crippen LogP contribution in [0.2, 0.25) is 0 Å². The second-order valence-electron chi connectivity index (χ2n) is 9.86. The standard InChI is InChI=1S/C28H35N3O6S/c1-5-13-36-27(34)24-25(17(3)23-22(18(4)32)26(33)31(23)24)38-21-15-20(11-10-19-9-7-8-12-29-19)30(16-21)28(35)37-14-6-2/h5-9,12,17-18,20-23,32H,1-2,10-11,13-16H2,3-4H3/t17-,18-,20-,21+,22-,23-/m1/s1. The van der Waals surface area contributed by atoms with Crippen LogP contribution < -0.4 is 0 Å². The van der Waals surface area contributed by atoms with Crippen molar-refractivity contribution in [1.82, 2.24) is 14.8 Å². The Morgan fingerprint density at radius 2 is 2.00 bits per heavy atom. The molecule has 4 rings (SSSR count). The van der Waals surface area contributed by atoms with Crippen LogP contribution in [0.1, 0.15) is 32.4 Å². The number of likely N-dealkylation sites (tertiary alicyclic amines) is 1. The molecule has 3 aliphatic heterocycles. The van der Waals surface area contributed by atoms with Gasteiger partial charge in [0.1, 0.15) is 18.9 Å². The molecule has 0 bridgehead atoms. The van der Waals surface area contributed by atoms with E-state index in [1.807, 2.05) is 25.1 Å². The molecule has 1 N–H and O–H groups in total. The summed E-state index contributed by atoms with van der Waals surface area (Å²) in [5.74, 6) is -1.57. The minimum atomic E-state index is -0.821. The van der Waals surface area contributed by atoms with Crippen molar-refractivity contribution in [2.24, 2.45) is 11.8 Å². The fourth-order valence-corrected chi connectivity index (χ4v) is 7.14. The van der Waals surface area contributed by atoms with Crippen molar-refractivity contribution < 1.29 is 29.0 Å². The normalized spacial score (nSPS) is 27.0. The third-order valence-electron chi connectivity index (χ3n) is 7.32. The maximum absolute atomic E-state index is 13.1. The zero-order chi connectivity index (χ0) is 27.4. The van der Waals surface area contributed by atoms with Crippen molar-refractivity contribution in [1.29, 1.82) is 0 Å². The van der Waals surface area contributed by atoms with E-state index < -0.39 is 24.1 Å². The van der Waals surface area contributed by atoms with E-state index in [4.69, 9.17) is 9.47 Å². The van der Waals surface area contributed by atoms with E-state index >= 15 is 0 Å². The van der Waals surface area contributed by atoms with E-state index in [2.05, 4.69) is 18.1 Å². The number of esters is 1. The molecule has 0 radical (unpaired) electrons. The quantitative estimate of drug-likeness (QED) is 0.258. The molecule has 2 amide bonds. The van der Waals surface area contributed by atoms with E-state index in [1.165, 1.54) is 28.8 Å². The number of aliphatic hydroxyl groups is 1. The van der Waals surface area contributed by atoms with Crippen LogP contribution >= 0.6 is 11.8 Å². The first-order valence-electron chi connectivity index (χ1n) is 12.9. The van der Waals surface area contributed by atoms with Crippen molar-refractivity contribution in [3.05, 3.63) is 66.0 Å². The molecule has 1 aromatic heterocycles. The molecule has 6 atom stereocenters. The number of rotatable bonds is 11. The van der Waals surface area contributed by atoms with Gasteiger partial charge in [-0.3, -0.25) is 9.78 Å². The van der Waals surface area contributed by atoms with E-state index in [1.54, 1.807) is 18.0 Å². The lowest BCUT2D eigenvalue weighted by atomic mass is 9.79. The number of ether oxygens (including phenoxy) is 2. The van der Waals surface area contributed by atoms with Crippen molar-refractivity contribution in [2.75, 3.05) is 19.8 Å². The fourth-order valence-electron chi connectivity index (χ4n) is 5.58. The lowest BCUT2D eigenvalue weighted by Gasteiger charge is -2.46. The highest BCUT2D eigenvalue weighted by molar-refractivity contribution is 8.03. The summed E-state index contributed by atoms with van der Waals surface area (Å²) in [4.78, 5) is 47.3. The molecule has 0 saturated carbocycles. The van der Waals surface area contributed by atoms with Crippen molar-refractivity contribution >= 4 is 29.7 Å². The fraction of sp³-hybridized carbons (Fsp3) is 0.500.